The number of aliphatic hydroxyl groups is 2. The molecule has 0 fully saturated rings. The number of hydrogen-bond donors (Lipinski definition) is 2. The molecule has 0 aromatic heterocycles. The van der Waals surface area contributed by atoms with Gasteiger partial charge >= 0.3 is 0 Å². The quantitative estimate of drug-likeness (QED) is 0.611. The number of hydrogen-bond acceptors (Lipinski definition) is 2. The van der Waals surface area contributed by atoms with Crippen LogP contribution in [0.25, 0.3) is 0 Å². The summed E-state index contributed by atoms with van der Waals surface area (Å²) in [6.45, 7) is 5.17. The second kappa shape index (κ2) is 25.5. The summed E-state index contributed by atoms with van der Waals surface area (Å²) in [4.78, 5) is 0. The molecule has 0 rings (SSSR count). The summed E-state index contributed by atoms with van der Waals surface area (Å²) in [7, 11) is 0. The van der Waals surface area contributed by atoms with E-state index in [4.69, 9.17) is 10.2 Å². The average molecular weight is 193 g/mol. The van der Waals surface area contributed by atoms with Crippen molar-refractivity contribution in [3.05, 3.63) is 12.8 Å². The van der Waals surface area contributed by atoms with Crippen molar-refractivity contribution in [3.8, 4) is 0 Å². The van der Waals surface area contributed by atoms with Crippen LogP contribution in [-0.4, -0.2) is 16.8 Å². The van der Waals surface area contributed by atoms with Crippen LogP contribution in [0.3, 0.4) is 0 Å². The van der Waals surface area contributed by atoms with E-state index in [1.807, 2.05) is 6.92 Å². The van der Waals surface area contributed by atoms with Crippen LogP contribution < -0.4 is 0 Å². The molecule has 1 radical (unpaired) electrons. The fourth-order valence-corrected chi connectivity index (χ4v) is 0. The predicted octanol–water partition coefficient (Wildman–Crippen LogP) is 1.07. The number of aliphatic hydroxyl groups excluding tert-OH is 2. The van der Waals surface area contributed by atoms with Crippen LogP contribution in [0.4, 0.5) is 0 Å². The fraction of sp³-hybridized carbons (Fsp3) is 0.600. The molecule has 2 nitrogen and oxygen atoms in total. The van der Waals surface area contributed by atoms with Gasteiger partial charge in [0.15, 0.2) is 0 Å². The minimum Gasteiger partial charge on any atom is -0.516 e. The summed E-state index contributed by atoms with van der Waals surface area (Å²) < 4.78 is 0. The van der Waals surface area contributed by atoms with Gasteiger partial charge in [-0.05, 0) is 6.42 Å². The van der Waals surface area contributed by atoms with E-state index >= 15 is 0 Å². The first-order valence-electron chi connectivity index (χ1n) is 2.19. The van der Waals surface area contributed by atoms with Gasteiger partial charge in [-0.15, -0.1) is 0 Å². The van der Waals surface area contributed by atoms with Gasteiger partial charge in [-0.2, -0.15) is 0 Å². The Labute approximate surface area is 75.5 Å². The minimum atomic E-state index is 0. The molecule has 0 unspecified atom stereocenters. The summed E-state index contributed by atoms with van der Waals surface area (Å²) in [6, 6.07) is 0. The Kier molecular flexibility index (Phi) is 50.6. The average Bonchev–Trinajstić information content (AvgIpc) is 1.69. The molecule has 0 aliphatic rings. The fourth-order valence-electron chi connectivity index (χ4n) is 0. The summed E-state index contributed by atoms with van der Waals surface area (Å²) in [5, 5.41) is 15.2. The Bertz CT molecular complexity index is 29.6. The van der Waals surface area contributed by atoms with Crippen molar-refractivity contribution in [1.82, 2.24) is 0 Å². The Morgan fingerprint density at radius 3 is 1.75 bits per heavy atom. The van der Waals surface area contributed by atoms with Gasteiger partial charge in [0, 0.05) is 39.3 Å². The van der Waals surface area contributed by atoms with E-state index in [2.05, 4.69) is 6.58 Å². The van der Waals surface area contributed by atoms with E-state index in [9.17, 15) is 0 Å². The molecule has 0 atom stereocenters. The maximum atomic E-state index is 7.88. The smallest absolute Gasteiger partial charge is 0.0719 e. The molecule has 0 saturated carbocycles. The van der Waals surface area contributed by atoms with Gasteiger partial charge in [0.05, 0.1) is 6.26 Å². The molecule has 0 amide bonds. The van der Waals surface area contributed by atoms with Crippen molar-refractivity contribution in [2.45, 2.75) is 13.3 Å². The molecule has 0 aliphatic heterocycles. The van der Waals surface area contributed by atoms with Gasteiger partial charge in [0.1, 0.15) is 0 Å². The molecule has 0 heterocycles. The Morgan fingerprint density at radius 1 is 1.62 bits per heavy atom. The van der Waals surface area contributed by atoms with Crippen LogP contribution in [0, 0.1) is 0 Å². The van der Waals surface area contributed by atoms with Crippen LogP contribution in [0.15, 0.2) is 12.8 Å². The third-order valence-corrected chi connectivity index (χ3v) is 0.224. The van der Waals surface area contributed by atoms with Crippen molar-refractivity contribution in [1.29, 1.82) is 0 Å². The zero-order chi connectivity index (χ0) is 6.12. The Morgan fingerprint density at radius 2 is 1.75 bits per heavy atom. The largest absolute Gasteiger partial charge is 0.516 e. The van der Waals surface area contributed by atoms with E-state index in [1.54, 1.807) is 0 Å². The van der Waals surface area contributed by atoms with Gasteiger partial charge in [-0.25, -0.2) is 0 Å². The van der Waals surface area contributed by atoms with Crippen LogP contribution >= 0.6 is 0 Å². The summed E-state index contributed by atoms with van der Waals surface area (Å²) in [5.74, 6) is 0. The van der Waals surface area contributed by atoms with Gasteiger partial charge in [0.25, 0.3) is 0 Å². The maximum absolute atomic E-state index is 7.88. The Balaban J connectivity index is -0.0000000575. The van der Waals surface area contributed by atoms with E-state index in [1.165, 1.54) is 0 Å². The summed E-state index contributed by atoms with van der Waals surface area (Å²) >= 11 is 0. The first kappa shape index (κ1) is 15.8. The molecule has 0 saturated heterocycles. The van der Waals surface area contributed by atoms with Crippen molar-refractivity contribution in [2.75, 3.05) is 6.61 Å². The van der Waals surface area contributed by atoms with Crippen molar-refractivity contribution >= 4 is 0 Å². The minimum absolute atomic E-state index is 0. The SMILES string of the molecule is C=CO.CCCO.[Y]. The van der Waals surface area contributed by atoms with Crippen LogP contribution in [0.1, 0.15) is 13.3 Å². The monoisotopic (exact) mass is 193 g/mol. The van der Waals surface area contributed by atoms with Crippen molar-refractivity contribution in [3.63, 3.8) is 0 Å². The molecule has 3 heteroatoms. The third-order valence-electron chi connectivity index (χ3n) is 0.224. The van der Waals surface area contributed by atoms with Crippen LogP contribution in [0.5, 0.6) is 0 Å². The zero-order valence-electron chi connectivity index (χ0n) is 5.17. The first-order valence-corrected chi connectivity index (χ1v) is 2.19. The molecule has 0 spiro atoms. The van der Waals surface area contributed by atoms with Gasteiger partial charge in [-0.3, -0.25) is 0 Å². The van der Waals surface area contributed by atoms with E-state index < -0.39 is 0 Å². The summed E-state index contributed by atoms with van der Waals surface area (Å²) in [6.07, 6.45) is 1.62. The molecule has 47 valence electrons. The second-order valence-corrected chi connectivity index (χ2v) is 0.906. The van der Waals surface area contributed by atoms with Crippen molar-refractivity contribution in [2.24, 2.45) is 0 Å². The first-order chi connectivity index (χ1) is 3.33. The topological polar surface area (TPSA) is 40.5 Å². The molecule has 0 bridgehead atoms. The van der Waals surface area contributed by atoms with Gasteiger partial charge in [-0.1, -0.05) is 13.5 Å². The maximum Gasteiger partial charge on any atom is 0.0719 e. The molecule has 0 aromatic carbocycles. The zero-order valence-corrected chi connectivity index (χ0v) is 8.01. The molecule has 8 heavy (non-hydrogen) atoms. The molecule has 0 aromatic rings. The van der Waals surface area contributed by atoms with Gasteiger partial charge < -0.3 is 10.2 Å². The standard InChI is InChI=1S/C3H8O.C2H4O.Y/c1-2-3-4;1-2-3;/h4H,2-3H2,1H3;2-3H,1H2;. The third kappa shape index (κ3) is 80.6. The predicted molar refractivity (Wildman–Crippen MR) is 30.2 cm³/mol. The normalized spacial score (nSPS) is 5.25. The second-order valence-electron chi connectivity index (χ2n) is 0.906. The van der Waals surface area contributed by atoms with Crippen molar-refractivity contribution < 1.29 is 42.9 Å². The van der Waals surface area contributed by atoms with E-state index in [0.29, 0.717) is 6.61 Å². The van der Waals surface area contributed by atoms with E-state index in [0.717, 1.165) is 12.7 Å². The van der Waals surface area contributed by atoms with Crippen LogP contribution in [-0.2, 0) is 32.7 Å². The molecule has 0 aliphatic carbocycles. The number of rotatable bonds is 1. The van der Waals surface area contributed by atoms with E-state index in [-0.39, 0.29) is 32.7 Å². The van der Waals surface area contributed by atoms with Gasteiger partial charge in [0.2, 0.25) is 0 Å². The molecular formula is C5H12O2Y. The molecule has 2 N–H and O–H groups in total. The Hall–Kier alpha value is 0.604. The summed E-state index contributed by atoms with van der Waals surface area (Å²) in [5.41, 5.74) is 0. The molecular weight excluding hydrogens is 181 g/mol. The van der Waals surface area contributed by atoms with Crippen LogP contribution in [0.2, 0.25) is 0 Å².